The number of rotatable bonds is 8. The van der Waals surface area contributed by atoms with Crippen molar-refractivity contribution in [1.29, 1.82) is 0 Å². The number of aliphatic hydroxyl groups excluding tert-OH is 1. The second kappa shape index (κ2) is 9.83. The normalized spacial score (nSPS) is 24.0. The number of nitrogens with one attached hydrogen (secondary N) is 3. The molecule has 0 aromatic heterocycles. The van der Waals surface area contributed by atoms with Crippen LogP contribution in [0.5, 0.6) is 0 Å². The van der Waals surface area contributed by atoms with E-state index in [2.05, 4.69) is 61.2 Å². The van der Waals surface area contributed by atoms with Crippen molar-refractivity contribution in [3.8, 4) is 0 Å². The Labute approximate surface area is 169 Å². The van der Waals surface area contributed by atoms with Gasteiger partial charge < -0.3 is 20.6 Å². The summed E-state index contributed by atoms with van der Waals surface area (Å²) in [6, 6.07) is 9.15. The molecule has 0 aliphatic heterocycles. The molecule has 1 amide bonds. The minimum Gasteiger partial charge on any atom is -0.390 e. The van der Waals surface area contributed by atoms with E-state index >= 15 is 0 Å². The fourth-order valence-corrected chi connectivity index (χ4v) is 3.89. The van der Waals surface area contributed by atoms with E-state index in [4.69, 9.17) is 4.84 Å². The number of amides is 1. The van der Waals surface area contributed by atoms with E-state index in [9.17, 15) is 9.90 Å². The van der Waals surface area contributed by atoms with Gasteiger partial charge in [-0.3, -0.25) is 4.79 Å². The zero-order valence-electron chi connectivity index (χ0n) is 18.0. The summed E-state index contributed by atoms with van der Waals surface area (Å²) < 4.78 is 0. The molecule has 0 bridgehead atoms. The van der Waals surface area contributed by atoms with E-state index in [1.807, 2.05) is 0 Å². The SMILES string of the molecule is CONC1CCC(NC[C@@H](O)CNC(C)=O)(c2cccc(C(C)(C)C)c2)CC1. The third kappa shape index (κ3) is 6.27. The summed E-state index contributed by atoms with van der Waals surface area (Å²) in [5.41, 5.74) is 5.55. The molecule has 6 nitrogen and oxygen atoms in total. The highest BCUT2D eigenvalue weighted by Gasteiger charge is 2.37. The van der Waals surface area contributed by atoms with Gasteiger partial charge in [-0.1, -0.05) is 45.0 Å². The average molecular weight is 392 g/mol. The molecular weight excluding hydrogens is 354 g/mol. The van der Waals surface area contributed by atoms with Gasteiger partial charge in [0.2, 0.25) is 5.91 Å². The van der Waals surface area contributed by atoms with Crippen LogP contribution in [0.1, 0.15) is 64.5 Å². The molecule has 0 radical (unpaired) electrons. The summed E-state index contributed by atoms with van der Waals surface area (Å²) >= 11 is 0. The van der Waals surface area contributed by atoms with E-state index in [-0.39, 0.29) is 23.4 Å². The standard InChI is InChI=1S/C22H37N3O3/c1-16(26)23-14-20(27)15-24-22(11-9-19(10-12-22)25-28-5)18-8-6-7-17(13-18)21(2,3)4/h6-8,13,19-20,24-25,27H,9-12,14-15H2,1-5H3,(H,23,26)/t19?,20-,22?/m0/s1. The monoisotopic (exact) mass is 391 g/mol. The van der Waals surface area contributed by atoms with Crippen LogP contribution in [0.2, 0.25) is 0 Å². The highest BCUT2D eigenvalue weighted by molar-refractivity contribution is 5.72. The molecule has 4 N–H and O–H groups in total. The molecular formula is C22H37N3O3. The van der Waals surface area contributed by atoms with Crippen molar-refractivity contribution >= 4 is 5.91 Å². The topological polar surface area (TPSA) is 82.6 Å². The van der Waals surface area contributed by atoms with Crippen LogP contribution in [-0.4, -0.2) is 43.4 Å². The van der Waals surface area contributed by atoms with Crippen molar-refractivity contribution in [1.82, 2.24) is 16.1 Å². The molecule has 0 spiro atoms. The van der Waals surface area contributed by atoms with Gasteiger partial charge in [0.1, 0.15) is 0 Å². The lowest BCUT2D eigenvalue weighted by molar-refractivity contribution is -0.119. The van der Waals surface area contributed by atoms with Crippen molar-refractivity contribution in [3.63, 3.8) is 0 Å². The van der Waals surface area contributed by atoms with Crippen LogP contribution in [0.25, 0.3) is 0 Å². The molecule has 1 aliphatic carbocycles. The Kier molecular flexibility index (Phi) is 8.01. The van der Waals surface area contributed by atoms with Gasteiger partial charge in [-0.05, 0) is 42.2 Å². The number of benzene rings is 1. The fourth-order valence-electron chi connectivity index (χ4n) is 3.89. The molecule has 28 heavy (non-hydrogen) atoms. The van der Waals surface area contributed by atoms with Gasteiger partial charge in [-0.2, -0.15) is 5.48 Å². The molecule has 158 valence electrons. The molecule has 1 aliphatic rings. The van der Waals surface area contributed by atoms with Gasteiger partial charge in [0, 0.05) is 31.6 Å². The lowest BCUT2D eigenvalue weighted by Crippen LogP contribution is -2.51. The van der Waals surface area contributed by atoms with E-state index in [1.54, 1.807) is 7.11 Å². The number of hydroxylamine groups is 1. The summed E-state index contributed by atoms with van der Waals surface area (Å²) in [6.07, 6.45) is 3.26. The van der Waals surface area contributed by atoms with E-state index in [0.29, 0.717) is 12.6 Å². The molecule has 6 heteroatoms. The van der Waals surface area contributed by atoms with Crippen molar-refractivity contribution in [2.75, 3.05) is 20.2 Å². The molecule has 0 saturated heterocycles. The Balaban J connectivity index is 2.19. The lowest BCUT2D eigenvalue weighted by Gasteiger charge is -2.42. The zero-order valence-corrected chi connectivity index (χ0v) is 18.0. The number of hydrogen-bond donors (Lipinski definition) is 4. The van der Waals surface area contributed by atoms with Gasteiger partial charge in [-0.15, -0.1) is 0 Å². The second-order valence-corrected chi connectivity index (χ2v) is 8.98. The Morgan fingerprint density at radius 3 is 2.54 bits per heavy atom. The molecule has 2 rings (SSSR count). The van der Waals surface area contributed by atoms with Crippen molar-refractivity contribution in [2.45, 2.75) is 76.5 Å². The first-order valence-corrected chi connectivity index (χ1v) is 10.2. The summed E-state index contributed by atoms with van der Waals surface area (Å²) in [5.74, 6) is -0.127. The number of hydrogen-bond acceptors (Lipinski definition) is 5. The van der Waals surface area contributed by atoms with Crippen molar-refractivity contribution < 1.29 is 14.7 Å². The largest absolute Gasteiger partial charge is 0.390 e. The first-order chi connectivity index (χ1) is 13.2. The second-order valence-electron chi connectivity index (χ2n) is 8.98. The van der Waals surface area contributed by atoms with Crippen LogP contribution in [0.3, 0.4) is 0 Å². The first-order valence-electron chi connectivity index (χ1n) is 10.2. The Hall–Kier alpha value is -1.47. The van der Waals surface area contributed by atoms with Crippen molar-refractivity contribution in [3.05, 3.63) is 35.4 Å². The molecule has 1 saturated carbocycles. The molecule has 1 fully saturated rings. The minimum atomic E-state index is -0.624. The molecule has 1 aromatic rings. The van der Waals surface area contributed by atoms with Gasteiger partial charge >= 0.3 is 0 Å². The molecule has 1 atom stereocenters. The van der Waals surface area contributed by atoms with Gasteiger partial charge in [0.25, 0.3) is 0 Å². The highest BCUT2D eigenvalue weighted by Crippen LogP contribution is 2.38. The number of carbonyl (C=O) groups is 1. The molecule has 0 heterocycles. The van der Waals surface area contributed by atoms with E-state index in [1.165, 1.54) is 18.1 Å². The Morgan fingerprint density at radius 1 is 1.29 bits per heavy atom. The van der Waals surface area contributed by atoms with Crippen LogP contribution in [0.4, 0.5) is 0 Å². The third-order valence-electron chi connectivity index (χ3n) is 5.67. The molecule has 1 aromatic carbocycles. The predicted octanol–water partition coefficient (Wildman–Crippen LogP) is 2.36. The minimum absolute atomic E-state index is 0.0803. The Bertz CT molecular complexity index is 634. The fraction of sp³-hybridized carbons (Fsp3) is 0.682. The Morgan fingerprint density at radius 2 is 1.96 bits per heavy atom. The zero-order chi connectivity index (χ0) is 20.8. The van der Waals surface area contributed by atoms with Crippen LogP contribution in [-0.2, 0) is 20.6 Å². The smallest absolute Gasteiger partial charge is 0.216 e. The maximum Gasteiger partial charge on any atom is 0.216 e. The summed E-state index contributed by atoms with van der Waals surface area (Å²) in [6.45, 7) is 8.83. The molecule has 0 unspecified atom stereocenters. The summed E-state index contributed by atoms with van der Waals surface area (Å²) in [5, 5.41) is 16.6. The van der Waals surface area contributed by atoms with Gasteiger partial charge in [0.05, 0.1) is 13.2 Å². The summed E-state index contributed by atoms with van der Waals surface area (Å²) in [7, 11) is 1.66. The maximum atomic E-state index is 11.1. The van der Waals surface area contributed by atoms with Gasteiger partial charge in [-0.25, -0.2) is 0 Å². The number of aliphatic hydroxyl groups is 1. The quantitative estimate of drug-likeness (QED) is 0.512. The van der Waals surface area contributed by atoms with E-state index in [0.717, 1.165) is 25.7 Å². The first kappa shape index (κ1) is 22.8. The van der Waals surface area contributed by atoms with Gasteiger partial charge in [0.15, 0.2) is 0 Å². The average Bonchev–Trinajstić information content (AvgIpc) is 2.65. The van der Waals surface area contributed by atoms with Crippen LogP contribution in [0.15, 0.2) is 24.3 Å². The maximum absolute atomic E-state index is 11.1. The third-order valence-corrected chi connectivity index (χ3v) is 5.67. The lowest BCUT2D eigenvalue weighted by atomic mass is 9.73. The summed E-state index contributed by atoms with van der Waals surface area (Å²) in [4.78, 5) is 16.2. The highest BCUT2D eigenvalue weighted by atomic mass is 16.6. The van der Waals surface area contributed by atoms with Crippen LogP contribution in [0, 0.1) is 0 Å². The number of carbonyl (C=O) groups excluding carboxylic acids is 1. The van der Waals surface area contributed by atoms with Crippen molar-refractivity contribution in [2.24, 2.45) is 0 Å². The van der Waals surface area contributed by atoms with E-state index < -0.39 is 6.10 Å². The predicted molar refractivity (Wildman–Crippen MR) is 112 cm³/mol. The van der Waals surface area contributed by atoms with Crippen LogP contribution >= 0.6 is 0 Å². The van der Waals surface area contributed by atoms with Crippen LogP contribution < -0.4 is 16.1 Å².